The van der Waals surface area contributed by atoms with Crippen molar-refractivity contribution < 1.29 is 14.7 Å². The van der Waals surface area contributed by atoms with E-state index < -0.39 is 17.7 Å². The number of ketones is 1. The predicted molar refractivity (Wildman–Crippen MR) is 107 cm³/mol. The molecule has 146 valence electrons. The largest absolute Gasteiger partial charge is 0.507 e. The Balaban J connectivity index is 1.70. The zero-order valence-electron chi connectivity index (χ0n) is 15.7. The van der Waals surface area contributed by atoms with Crippen molar-refractivity contribution in [2.24, 2.45) is 0 Å². The van der Waals surface area contributed by atoms with Gasteiger partial charge in [0.05, 0.1) is 17.9 Å². The number of aryl methyl sites for hydroxylation is 1. The highest BCUT2D eigenvalue weighted by Gasteiger charge is 2.45. The molecule has 0 spiro atoms. The third-order valence-electron chi connectivity index (χ3n) is 4.96. The summed E-state index contributed by atoms with van der Waals surface area (Å²) in [6.45, 7) is 1.04. The first-order valence-electron chi connectivity index (χ1n) is 9.36. The van der Waals surface area contributed by atoms with E-state index in [9.17, 15) is 14.7 Å². The van der Waals surface area contributed by atoms with Crippen LogP contribution in [0.5, 0.6) is 0 Å². The van der Waals surface area contributed by atoms with Crippen molar-refractivity contribution in [1.82, 2.24) is 19.4 Å². The molecule has 3 heterocycles. The van der Waals surface area contributed by atoms with E-state index in [1.807, 2.05) is 22.9 Å². The summed E-state index contributed by atoms with van der Waals surface area (Å²) < 4.78 is 1.92. The molecule has 4 rings (SSSR count). The molecule has 0 bridgehead atoms. The predicted octanol–water partition coefficient (Wildman–Crippen LogP) is 2.79. The second-order valence-electron chi connectivity index (χ2n) is 6.80. The number of rotatable bonds is 6. The minimum Gasteiger partial charge on any atom is -0.507 e. The number of hydrogen-bond donors (Lipinski definition) is 1. The Hall–Kier alpha value is -3.74. The number of nitrogens with zero attached hydrogens (tertiary/aromatic N) is 4. The number of carbonyl (C=O) groups is 2. The molecule has 7 heteroatoms. The van der Waals surface area contributed by atoms with Crippen molar-refractivity contribution in [1.29, 1.82) is 0 Å². The van der Waals surface area contributed by atoms with E-state index in [-0.39, 0.29) is 11.3 Å². The summed E-state index contributed by atoms with van der Waals surface area (Å²) in [6, 6.07) is 11.7. The van der Waals surface area contributed by atoms with Crippen LogP contribution >= 0.6 is 0 Å². The summed E-state index contributed by atoms with van der Waals surface area (Å²) in [4.78, 5) is 35.3. The normalized spacial score (nSPS) is 18.3. The molecule has 1 amide bonds. The minimum absolute atomic E-state index is 0.0943. The lowest BCUT2D eigenvalue weighted by Crippen LogP contribution is -2.31. The molecule has 0 aliphatic carbocycles. The summed E-state index contributed by atoms with van der Waals surface area (Å²) >= 11 is 0. The number of hydrogen-bond acceptors (Lipinski definition) is 5. The molecule has 1 aliphatic rings. The standard InChI is InChI=1S/C22H20N4O3/c27-20(16-6-2-1-3-7-16)18-19(17-8-4-9-23-14-17)26(22(29)21(18)28)12-5-11-25-13-10-24-15-25/h1-4,6-10,13-15,19,27H,5,11-12H2/b20-18+/t19-/m1/s1. The molecule has 2 aromatic heterocycles. The van der Waals surface area contributed by atoms with Gasteiger partial charge in [0.1, 0.15) is 5.76 Å². The van der Waals surface area contributed by atoms with Crippen molar-refractivity contribution >= 4 is 17.4 Å². The van der Waals surface area contributed by atoms with E-state index in [1.54, 1.807) is 55.2 Å². The first kappa shape index (κ1) is 18.6. The van der Waals surface area contributed by atoms with Crippen LogP contribution in [0.4, 0.5) is 0 Å². The lowest BCUT2D eigenvalue weighted by atomic mass is 9.96. The van der Waals surface area contributed by atoms with Crippen LogP contribution in [0.15, 0.2) is 79.2 Å². The van der Waals surface area contributed by atoms with Crippen molar-refractivity contribution in [3.63, 3.8) is 0 Å². The Labute approximate surface area is 168 Å². The molecular formula is C22H20N4O3. The van der Waals surface area contributed by atoms with Crippen LogP contribution in [0, 0.1) is 0 Å². The van der Waals surface area contributed by atoms with Gasteiger partial charge in [-0.25, -0.2) is 4.98 Å². The maximum atomic E-state index is 12.9. The number of imidazole rings is 1. The van der Waals surface area contributed by atoms with Gasteiger partial charge in [0, 0.05) is 43.4 Å². The molecule has 3 aromatic rings. The van der Waals surface area contributed by atoms with Gasteiger partial charge in [-0.15, -0.1) is 0 Å². The number of aliphatic hydroxyl groups excluding tert-OH is 1. The molecule has 1 atom stereocenters. The van der Waals surface area contributed by atoms with Gasteiger partial charge in [0.2, 0.25) is 0 Å². The first-order chi connectivity index (χ1) is 14.2. The second kappa shape index (κ2) is 8.10. The number of carbonyl (C=O) groups excluding carboxylic acids is 2. The van der Waals surface area contributed by atoms with Gasteiger partial charge in [-0.1, -0.05) is 36.4 Å². The Kier molecular flexibility index (Phi) is 5.20. The topological polar surface area (TPSA) is 88.3 Å². The summed E-state index contributed by atoms with van der Waals surface area (Å²) in [5.74, 6) is -1.46. The van der Waals surface area contributed by atoms with Crippen molar-refractivity contribution in [3.8, 4) is 0 Å². The van der Waals surface area contributed by atoms with Crippen molar-refractivity contribution in [3.05, 3.63) is 90.3 Å². The average molecular weight is 388 g/mol. The van der Waals surface area contributed by atoms with Crippen LogP contribution in [0.25, 0.3) is 5.76 Å². The quantitative estimate of drug-likeness (QED) is 0.399. The zero-order valence-corrected chi connectivity index (χ0v) is 15.7. The number of pyridine rings is 1. The number of aliphatic hydroxyl groups is 1. The fourth-order valence-corrected chi connectivity index (χ4v) is 3.59. The van der Waals surface area contributed by atoms with Gasteiger partial charge < -0.3 is 14.6 Å². The van der Waals surface area contributed by atoms with Gasteiger partial charge in [0.15, 0.2) is 0 Å². The Bertz CT molecular complexity index is 1030. The Morgan fingerprint density at radius 2 is 1.83 bits per heavy atom. The molecule has 7 nitrogen and oxygen atoms in total. The molecule has 1 aromatic carbocycles. The number of amides is 1. The molecule has 1 N–H and O–H groups in total. The first-order valence-corrected chi connectivity index (χ1v) is 9.36. The van der Waals surface area contributed by atoms with Crippen molar-refractivity contribution in [2.75, 3.05) is 6.54 Å². The average Bonchev–Trinajstić information content (AvgIpc) is 3.37. The van der Waals surface area contributed by atoms with E-state index in [0.29, 0.717) is 30.6 Å². The third-order valence-corrected chi connectivity index (χ3v) is 4.96. The Morgan fingerprint density at radius 1 is 1.00 bits per heavy atom. The Morgan fingerprint density at radius 3 is 2.52 bits per heavy atom. The lowest BCUT2D eigenvalue weighted by Gasteiger charge is -2.25. The van der Waals surface area contributed by atoms with E-state index in [4.69, 9.17) is 0 Å². The summed E-state index contributed by atoms with van der Waals surface area (Å²) in [7, 11) is 0. The maximum Gasteiger partial charge on any atom is 0.295 e. The van der Waals surface area contributed by atoms with E-state index in [2.05, 4.69) is 9.97 Å². The van der Waals surface area contributed by atoms with E-state index in [0.717, 1.165) is 0 Å². The SMILES string of the molecule is O=C1C(=O)N(CCCn2ccnc2)[C@H](c2cccnc2)/C1=C(\O)c1ccccc1. The molecule has 1 fully saturated rings. The zero-order chi connectivity index (χ0) is 20.2. The van der Waals surface area contributed by atoms with Gasteiger partial charge >= 0.3 is 0 Å². The molecule has 0 saturated carbocycles. The number of Topliss-reactive ketones (excluding diaryl/α,β-unsaturated/α-hetero) is 1. The molecule has 1 saturated heterocycles. The second-order valence-corrected chi connectivity index (χ2v) is 6.80. The molecule has 29 heavy (non-hydrogen) atoms. The third kappa shape index (κ3) is 3.67. The molecule has 0 radical (unpaired) electrons. The summed E-state index contributed by atoms with van der Waals surface area (Å²) in [6.07, 6.45) is 9.15. The van der Waals surface area contributed by atoms with E-state index >= 15 is 0 Å². The van der Waals surface area contributed by atoms with Gasteiger partial charge in [0.25, 0.3) is 11.7 Å². The van der Waals surface area contributed by atoms with Crippen LogP contribution in [-0.4, -0.2) is 42.8 Å². The smallest absolute Gasteiger partial charge is 0.295 e. The highest BCUT2D eigenvalue weighted by atomic mass is 16.3. The molecule has 1 aliphatic heterocycles. The number of benzene rings is 1. The molecule has 0 unspecified atom stereocenters. The summed E-state index contributed by atoms with van der Waals surface area (Å²) in [5, 5.41) is 10.9. The number of likely N-dealkylation sites (tertiary alicyclic amines) is 1. The fourth-order valence-electron chi connectivity index (χ4n) is 3.59. The lowest BCUT2D eigenvalue weighted by molar-refractivity contribution is -0.139. The number of aromatic nitrogens is 3. The van der Waals surface area contributed by atoms with Crippen LogP contribution in [0.2, 0.25) is 0 Å². The molecular weight excluding hydrogens is 368 g/mol. The van der Waals surface area contributed by atoms with Gasteiger partial charge in [-0.3, -0.25) is 14.6 Å². The van der Waals surface area contributed by atoms with Crippen LogP contribution < -0.4 is 0 Å². The maximum absolute atomic E-state index is 12.9. The van der Waals surface area contributed by atoms with Gasteiger partial charge in [-0.2, -0.15) is 0 Å². The fraction of sp³-hybridized carbons (Fsp3) is 0.182. The van der Waals surface area contributed by atoms with Crippen LogP contribution in [-0.2, 0) is 16.1 Å². The van der Waals surface area contributed by atoms with Crippen molar-refractivity contribution in [2.45, 2.75) is 19.0 Å². The van der Waals surface area contributed by atoms with Crippen LogP contribution in [0.3, 0.4) is 0 Å². The van der Waals surface area contributed by atoms with Crippen LogP contribution in [0.1, 0.15) is 23.6 Å². The van der Waals surface area contributed by atoms with Gasteiger partial charge in [-0.05, 0) is 18.1 Å². The minimum atomic E-state index is -0.678. The monoisotopic (exact) mass is 388 g/mol. The highest BCUT2D eigenvalue weighted by molar-refractivity contribution is 6.46. The highest BCUT2D eigenvalue weighted by Crippen LogP contribution is 2.39. The summed E-state index contributed by atoms with van der Waals surface area (Å²) in [5.41, 5.74) is 1.28. The van der Waals surface area contributed by atoms with E-state index in [1.165, 1.54) is 4.90 Å².